The minimum Gasteiger partial charge on any atom is -0.378 e. The number of nitrogens with one attached hydrogen (secondary N) is 2. The molecule has 2 atom stereocenters. The van der Waals surface area contributed by atoms with Crippen LogP contribution in [0.1, 0.15) is 24.5 Å². The number of nitrogens with zero attached hydrogens (tertiary/aromatic N) is 5. The number of anilines is 2. The number of halogens is 6. The summed E-state index contributed by atoms with van der Waals surface area (Å²) in [5, 5.41) is 7.66. The maximum atomic E-state index is 13.1. The lowest BCUT2D eigenvalue weighted by Gasteiger charge is -2.35. The molecule has 0 saturated carbocycles. The number of rotatable bonds is 9. The maximum absolute atomic E-state index is 13.1. The molecule has 38 heavy (non-hydrogen) atoms. The van der Waals surface area contributed by atoms with Gasteiger partial charge in [-0.1, -0.05) is 0 Å². The van der Waals surface area contributed by atoms with E-state index in [0.29, 0.717) is 38.6 Å². The lowest BCUT2D eigenvalue weighted by molar-refractivity contribution is -0.139. The normalized spacial score (nSPS) is 16.3. The fourth-order valence-corrected chi connectivity index (χ4v) is 3.69. The monoisotopic (exact) mass is 552 g/mol. The molecule has 1 fully saturated rings. The number of amides is 1. The Labute approximate surface area is 212 Å². The van der Waals surface area contributed by atoms with E-state index in [-0.39, 0.29) is 31.5 Å². The molecule has 2 aromatic rings. The number of nitrogens with two attached hydrogens (primary N) is 1. The molecule has 3 rings (SSSR count). The topological polar surface area (TPSA) is 142 Å². The van der Waals surface area contributed by atoms with Crippen molar-refractivity contribution in [3.05, 3.63) is 40.1 Å². The number of ether oxygens (including phenoxy) is 1. The highest BCUT2D eigenvalue weighted by Crippen LogP contribution is 2.31. The molecular weight excluding hydrogens is 526 g/mol. The smallest absolute Gasteiger partial charge is 0.378 e. The van der Waals surface area contributed by atoms with E-state index in [1.165, 1.54) is 6.92 Å². The third-order valence-electron chi connectivity index (χ3n) is 5.56. The van der Waals surface area contributed by atoms with Crippen molar-refractivity contribution in [2.75, 3.05) is 49.6 Å². The molecule has 1 amide bonds. The molecule has 0 unspecified atom stereocenters. The third kappa shape index (κ3) is 7.77. The van der Waals surface area contributed by atoms with Crippen molar-refractivity contribution < 1.29 is 35.9 Å². The zero-order valence-corrected chi connectivity index (χ0v) is 20.1. The summed E-state index contributed by atoms with van der Waals surface area (Å²) < 4.78 is 82.8. The summed E-state index contributed by atoms with van der Waals surface area (Å²) in [6, 6.07) is -1.32. The summed E-state index contributed by atoms with van der Waals surface area (Å²) in [4.78, 5) is 34.8. The molecule has 0 aliphatic carbocycles. The van der Waals surface area contributed by atoms with Crippen molar-refractivity contribution in [3.8, 4) is 0 Å². The van der Waals surface area contributed by atoms with Crippen LogP contribution in [0.2, 0.25) is 0 Å². The van der Waals surface area contributed by atoms with E-state index >= 15 is 0 Å². The van der Waals surface area contributed by atoms with Gasteiger partial charge in [-0.3, -0.25) is 9.59 Å². The van der Waals surface area contributed by atoms with Gasteiger partial charge in [-0.05, 0) is 6.92 Å². The maximum Gasteiger partial charge on any atom is 0.423 e. The van der Waals surface area contributed by atoms with Gasteiger partial charge in [0.25, 0.3) is 5.56 Å². The largest absolute Gasteiger partial charge is 0.423 e. The average Bonchev–Trinajstić information content (AvgIpc) is 2.83. The van der Waals surface area contributed by atoms with Crippen LogP contribution in [0.4, 0.5) is 38.0 Å². The quantitative estimate of drug-likeness (QED) is 0.395. The minimum absolute atomic E-state index is 0.0448. The molecular formula is C21H26F6N8O3. The summed E-state index contributed by atoms with van der Waals surface area (Å²) in [7, 11) is 0. The molecule has 11 nitrogen and oxygen atoms in total. The molecule has 1 saturated heterocycles. The predicted octanol–water partition coefficient (Wildman–Crippen LogP) is 1.48. The first kappa shape index (κ1) is 29.1. The van der Waals surface area contributed by atoms with Crippen LogP contribution in [0.25, 0.3) is 0 Å². The number of hydrogen-bond acceptors (Lipinski definition) is 9. The Hall–Kier alpha value is -3.47. The van der Waals surface area contributed by atoms with E-state index in [2.05, 4.69) is 20.4 Å². The Kier molecular flexibility index (Phi) is 9.14. The second kappa shape index (κ2) is 11.9. The van der Waals surface area contributed by atoms with Crippen molar-refractivity contribution >= 4 is 17.5 Å². The van der Waals surface area contributed by atoms with E-state index in [4.69, 9.17) is 10.5 Å². The second-order valence-electron chi connectivity index (χ2n) is 8.67. The zero-order valence-electron chi connectivity index (χ0n) is 20.1. The van der Waals surface area contributed by atoms with Gasteiger partial charge >= 0.3 is 12.4 Å². The molecule has 1 aliphatic rings. The van der Waals surface area contributed by atoms with Crippen LogP contribution < -0.4 is 21.5 Å². The number of piperazine rings is 1. The van der Waals surface area contributed by atoms with Gasteiger partial charge in [0, 0.05) is 57.1 Å². The third-order valence-corrected chi connectivity index (χ3v) is 5.56. The number of alkyl halides is 6. The summed E-state index contributed by atoms with van der Waals surface area (Å²) in [6.45, 7) is 2.67. The van der Waals surface area contributed by atoms with Gasteiger partial charge in [-0.15, -0.1) is 0 Å². The first-order chi connectivity index (χ1) is 17.8. The molecule has 1 aliphatic heterocycles. The standard InChI is InChI=1S/C21H26F6N8O3/c1-12(32-15-9-31-33-18(37)17(15)21(25,26)27)10-38-11-14(28)6-16(36)34-2-4-35(5-3-34)19-29-7-13(8-30-19)20(22,23)24/h7-9,12,14H,2-6,10-11,28H2,1H3,(H2,32,33,37)/t12-,14+/m0/s1. The van der Waals surface area contributed by atoms with Gasteiger partial charge < -0.3 is 25.6 Å². The second-order valence-corrected chi connectivity index (χ2v) is 8.67. The molecule has 0 radical (unpaired) electrons. The van der Waals surface area contributed by atoms with Crippen LogP contribution in [0.3, 0.4) is 0 Å². The van der Waals surface area contributed by atoms with Gasteiger partial charge in [0.1, 0.15) is 5.56 Å². The van der Waals surface area contributed by atoms with Crippen LogP contribution in [-0.2, 0) is 21.9 Å². The number of aromatic nitrogens is 4. The summed E-state index contributed by atoms with van der Waals surface area (Å²) in [6.07, 6.45) is -7.18. The van der Waals surface area contributed by atoms with Gasteiger partial charge in [0.15, 0.2) is 0 Å². The van der Waals surface area contributed by atoms with Gasteiger partial charge in [0.2, 0.25) is 11.9 Å². The summed E-state index contributed by atoms with van der Waals surface area (Å²) in [5.74, 6) is -0.110. The highest BCUT2D eigenvalue weighted by molar-refractivity contribution is 5.77. The van der Waals surface area contributed by atoms with E-state index < -0.39 is 46.8 Å². The van der Waals surface area contributed by atoms with Crippen molar-refractivity contribution in [1.82, 2.24) is 25.1 Å². The van der Waals surface area contributed by atoms with E-state index in [1.54, 1.807) is 14.9 Å². The van der Waals surface area contributed by atoms with Crippen LogP contribution in [-0.4, -0.2) is 82.4 Å². The molecule has 0 aromatic carbocycles. The number of carbonyl (C=O) groups is 1. The highest BCUT2D eigenvalue weighted by Gasteiger charge is 2.37. The molecule has 0 spiro atoms. The molecule has 3 heterocycles. The predicted molar refractivity (Wildman–Crippen MR) is 122 cm³/mol. The van der Waals surface area contributed by atoms with Crippen molar-refractivity contribution in [2.24, 2.45) is 5.73 Å². The van der Waals surface area contributed by atoms with Crippen LogP contribution in [0.15, 0.2) is 23.4 Å². The lowest BCUT2D eigenvalue weighted by Crippen LogP contribution is -2.50. The fourth-order valence-electron chi connectivity index (χ4n) is 3.69. The first-order valence-electron chi connectivity index (χ1n) is 11.4. The fraction of sp³-hybridized carbons (Fsp3) is 0.571. The summed E-state index contributed by atoms with van der Waals surface area (Å²) >= 11 is 0. The zero-order chi connectivity index (χ0) is 28.1. The molecule has 210 valence electrons. The number of aromatic amines is 1. The SMILES string of the molecule is C[C@@H](COC[C@H](N)CC(=O)N1CCN(c2ncc(C(F)(F)F)cn2)CC1)Nc1cn[nH]c(=O)c1C(F)(F)F. The van der Waals surface area contributed by atoms with Crippen molar-refractivity contribution in [1.29, 1.82) is 0 Å². The average molecular weight is 552 g/mol. The molecule has 2 aromatic heterocycles. The van der Waals surface area contributed by atoms with Gasteiger partial charge in [0.05, 0.1) is 30.7 Å². The molecule has 17 heteroatoms. The summed E-state index contributed by atoms with van der Waals surface area (Å²) in [5.41, 5.74) is 1.76. The van der Waals surface area contributed by atoms with E-state index in [0.717, 1.165) is 6.20 Å². The molecule has 0 bridgehead atoms. The minimum atomic E-state index is -4.88. The van der Waals surface area contributed by atoms with Gasteiger partial charge in [-0.2, -0.15) is 31.4 Å². The highest BCUT2D eigenvalue weighted by atomic mass is 19.4. The Balaban J connectivity index is 1.40. The van der Waals surface area contributed by atoms with Crippen LogP contribution in [0, 0.1) is 0 Å². The van der Waals surface area contributed by atoms with Crippen LogP contribution in [0.5, 0.6) is 0 Å². The lowest BCUT2D eigenvalue weighted by atomic mass is 10.2. The Morgan fingerprint density at radius 2 is 1.71 bits per heavy atom. The van der Waals surface area contributed by atoms with Gasteiger partial charge in [-0.25, -0.2) is 15.1 Å². The first-order valence-corrected chi connectivity index (χ1v) is 11.4. The number of carbonyl (C=O) groups excluding carboxylic acids is 1. The van der Waals surface area contributed by atoms with Crippen molar-refractivity contribution in [2.45, 2.75) is 37.8 Å². The van der Waals surface area contributed by atoms with Crippen LogP contribution >= 0.6 is 0 Å². The number of hydrogen-bond donors (Lipinski definition) is 3. The van der Waals surface area contributed by atoms with Crippen molar-refractivity contribution in [3.63, 3.8) is 0 Å². The van der Waals surface area contributed by atoms with E-state index in [9.17, 15) is 35.9 Å². The Morgan fingerprint density at radius 1 is 1.08 bits per heavy atom. The Bertz CT molecular complexity index is 1130. The number of H-pyrrole nitrogens is 1. The van der Waals surface area contributed by atoms with E-state index in [1.807, 2.05) is 0 Å². The molecule has 4 N–H and O–H groups in total. The Morgan fingerprint density at radius 3 is 2.29 bits per heavy atom.